The Bertz CT molecular complexity index is 685. The van der Waals surface area contributed by atoms with E-state index < -0.39 is 0 Å². The molecule has 0 saturated carbocycles. The Hall–Kier alpha value is -1.97. The predicted octanol–water partition coefficient (Wildman–Crippen LogP) is 3.24. The van der Waals surface area contributed by atoms with Crippen LogP contribution in [0.4, 0.5) is 5.69 Å². The second-order valence-electron chi connectivity index (χ2n) is 6.59. The van der Waals surface area contributed by atoms with Crippen LogP contribution in [0.25, 0.3) is 5.69 Å². The quantitative estimate of drug-likeness (QED) is 0.942. The molecule has 0 aliphatic heterocycles. The molecular formula is C17H25N3O. The molecule has 0 atom stereocenters. The molecule has 1 heterocycles. The lowest BCUT2D eigenvalue weighted by molar-refractivity contribution is 0.452. The van der Waals surface area contributed by atoms with Gasteiger partial charge in [0, 0.05) is 12.0 Å². The number of aromatic nitrogens is 2. The highest BCUT2D eigenvalue weighted by molar-refractivity contribution is 5.48. The average Bonchev–Trinajstić information content (AvgIpc) is 2.63. The van der Waals surface area contributed by atoms with Crippen LogP contribution in [0.2, 0.25) is 0 Å². The van der Waals surface area contributed by atoms with Gasteiger partial charge in [0.15, 0.2) is 0 Å². The Balaban J connectivity index is 2.77. The number of nitrogens with two attached hydrogens (primary N) is 1. The number of benzene rings is 1. The highest BCUT2D eigenvalue weighted by atomic mass is 16.1. The van der Waals surface area contributed by atoms with Gasteiger partial charge in [-0.3, -0.25) is 9.48 Å². The van der Waals surface area contributed by atoms with Crippen LogP contribution in [0.5, 0.6) is 0 Å². The van der Waals surface area contributed by atoms with Gasteiger partial charge in [0.2, 0.25) is 0 Å². The lowest BCUT2D eigenvalue weighted by Crippen LogP contribution is -2.24. The summed E-state index contributed by atoms with van der Waals surface area (Å²) in [4.78, 5) is 12.6. The molecule has 0 aliphatic carbocycles. The topological polar surface area (TPSA) is 52.9 Å². The number of hydrogen-bond acceptors (Lipinski definition) is 2. The molecule has 4 nitrogen and oxygen atoms in total. The first-order chi connectivity index (χ1) is 9.77. The summed E-state index contributed by atoms with van der Waals surface area (Å²) < 4.78 is 3.74. The molecule has 0 fully saturated rings. The third-order valence-corrected chi connectivity index (χ3v) is 3.60. The van der Waals surface area contributed by atoms with Crippen molar-refractivity contribution in [2.45, 2.75) is 53.0 Å². The number of nitrogens with zero attached hydrogens (tertiary/aromatic N) is 2. The van der Waals surface area contributed by atoms with E-state index in [0.717, 1.165) is 24.3 Å². The normalized spacial score (nSPS) is 11.9. The fourth-order valence-electron chi connectivity index (χ4n) is 2.72. The molecule has 0 aliphatic rings. The number of aryl methyl sites for hydroxylation is 1. The Morgan fingerprint density at radius 2 is 1.71 bits per heavy atom. The second-order valence-corrected chi connectivity index (χ2v) is 6.59. The second kappa shape index (κ2) is 5.43. The van der Waals surface area contributed by atoms with Gasteiger partial charge in [-0.05, 0) is 25.5 Å². The summed E-state index contributed by atoms with van der Waals surface area (Å²) in [7, 11) is 0. The van der Waals surface area contributed by atoms with Crippen molar-refractivity contribution >= 4 is 5.69 Å². The molecule has 2 rings (SSSR count). The molecule has 2 aromatic rings. The van der Waals surface area contributed by atoms with Gasteiger partial charge in [0.25, 0.3) is 5.56 Å². The maximum absolute atomic E-state index is 12.6. The Morgan fingerprint density at radius 3 is 2.19 bits per heavy atom. The summed E-state index contributed by atoms with van der Waals surface area (Å²) in [6, 6.07) is 7.96. The zero-order chi connectivity index (χ0) is 15.8. The smallest absolute Gasteiger partial charge is 0.294 e. The summed E-state index contributed by atoms with van der Waals surface area (Å²) in [6.45, 7) is 11.2. The minimum absolute atomic E-state index is 0.128. The van der Waals surface area contributed by atoms with Crippen LogP contribution in [0.3, 0.4) is 0 Å². The van der Waals surface area contributed by atoms with Gasteiger partial charge < -0.3 is 5.73 Å². The monoisotopic (exact) mass is 287 g/mol. The summed E-state index contributed by atoms with van der Waals surface area (Å²) in [5.41, 5.74) is 9.14. The maximum atomic E-state index is 12.6. The lowest BCUT2D eigenvalue weighted by atomic mass is 9.91. The van der Waals surface area contributed by atoms with Gasteiger partial charge in [-0.1, -0.05) is 45.4 Å². The van der Waals surface area contributed by atoms with Crippen molar-refractivity contribution in [1.82, 2.24) is 9.36 Å². The van der Waals surface area contributed by atoms with Gasteiger partial charge in [0.1, 0.15) is 5.69 Å². The molecule has 0 unspecified atom stereocenters. The van der Waals surface area contributed by atoms with Crippen molar-refractivity contribution in [2.75, 3.05) is 5.73 Å². The molecule has 2 N–H and O–H groups in total. The lowest BCUT2D eigenvalue weighted by Gasteiger charge is -2.23. The fraction of sp³-hybridized carbons (Fsp3) is 0.471. The standard InChI is InChI=1S/C17H25N3O/c1-6-11-19-15(17(3,4)5)14(18)16(21)20(19)13-9-7-12(2)8-10-13/h7-10H,6,11,18H2,1-5H3. The molecule has 0 amide bonds. The number of nitrogen functional groups attached to an aromatic ring is 1. The molecule has 0 saturated heterocycles. The first-order valence-corrected chi connectivity index (χ1v) is 7.46. The molecule has 21 heavy (non-hydrogen) atoms. The summed E-state index contributed by atoms with van der Waals surface area (Å²) in [5.74, 6) is 0. The summed E-state index contributed by atoms with van der Waals surface area (Å²) >= 11 is 0. The minimum atomic E-state index is -0.172. The van der Waals surface area contributed by atoms with E-state index in [1.54, 1.807) is 4.68 Å². The van der Waals surface area contributed by atoms with Crippen molar-refractivity contribution in [3.8, 4) is 5.69 Å². The van der Waals surface area contributed by atoms with E-state index in [9.17, 15) is 4.79 Å². The van der Waals surface area contributed by atoms with Crippen molar-refractivity contribution in [3.05, 3.63) is 45.9 Å². The van der Waals surface area contributed by atoms with Crippen LogP contribution >= 0.6 is 0 Å². The molecule has 1 aromatic heterocycles. The van der Waals surface area contributed by atoms with Crippen molar-refractivity contribution < 1.29 is 0 Å². The molecule has 4 heteroatoms. The molecule has 0 radical (unpaired) electrons. The highest BCUT2D eigenvalue weighted by Gasteiger charge is 2.27. The Kier molecular flexibility index (Phi) is 3.99. The first-order valence-electron chi connectivity index (χ1n) is 7.46. The highest BCUT2D eigenvalue weighted by Crippen LogP contribution is 2.27. The molecule has 114 valence electrons. The van der Waals surface area contributed by atoms with E-state index >= 15 is 0 Å². The van der Waals surface area contributed by atoms with Crippen LogP contribution in [0, 0.1) is 6.92 Å². The van der Waals surface area contributed by atoms with Gasteiger partial charge >= 0.3 is 0 Å². The van der Waals surface area contributed by atoms with Gasteiger partial charge in [-0.2, -0.15) is 0 Å². The van der Waals surface area contributed by atoms with Crippen LogP contribution in [-0.4, -0.2) is 9.36 Å². The van der Waals surface area contributed by atoms with Crippen LogP contribution in [0.1, 0.15) is 45.4 Å². The number of rotatable bonds is 3. The van der Waals surface area contributed by atoms with E-state index in [1.807, 2.05) is 35.9 Å². The van der Waals surface area contributed by atoms with Crippen LogP contribution in [-0.2, 0) is 12.0 Å². The molecule has 1 aromatic carbocycles. The Morgan fingerprint density at radius 1 is 1.14 bits per heavy atom. The summed E-state index contributed by atoms with van der Waals surface area (Å²) in [5, 5.41) is 0. The van der Waals surface area contributed by atoms with Gasteiger partial charge in [0.05, 0.1) is 11.4 Å². The van der Waals surface area contributed by atoms with Crippen molar-refractivity contribution in [3.63, 3.8) is 0 Å². The van der Waals surface area contributed by atoms with E-state index in [1.165, 1.54) is 5.56 Å². The number of anilines is 1. The van der Waals surface area contributed by atoms with E-state index in [0.29, 0.717) is 5.69 Å². The summed E-state index contributed by atoms with van der Waals surface area (Å²) in [6.07, 6.45) is 0.947. The zero-order valence-corrected chi connectivity index (χ0v) is 13.6. The van der Waals surface area contributed by atoms with E-state index in [4.69, 9.17) is 5.73 Å². The van der Waals surface area contributed by atoms with E-state index in [2.05, 4.69) is 27.7 Å². The Labute approximate surface area is 126 Å². The number of hydrogen-bond donors (Lipinski definition) is 1. The third-order valence-electron chi connectivity index (χ3n) is 3.60. The van der Waals surface area contributed by atoms with Crippen LogP contribution < -0.4 is 11.3 Å². The predicted molar refractivity (Wildman–Crippen MR) is 88.2 cm³/mol. The van der Waals surface area contributed by atoms with Crippen LogP contribution in [0.15, 0.2) is 29.1 Å². The zero-order valence-electron chi connectivity index (χ0n) is 13.6. The van der Waals surface area contributed by atoms with Crippen molar-refractivity contribution in [1.29, 1.82) is 0 Å². The average molecular weight is 287 g/mol. The molecule has 0 bridgehead atoms. The SMILES string of the molecule is CCCn1c(C(C)(C)C)c(N)c(=O)n1-c1ccc(C)cc1. The minimum Gasteiger partial charge on any atom is -0.393 e. The van der Waals surface area contributed by atoms with Crippen molar-refractivity contribution in [2.24, 2.45) is 0 Å². The first kappa shape index (κ1) is 15.4. The fourth-order valence-corrected chi connectivity index (χ4v) is 2.72. The molecule has 0 spiro atoms. The molecular weight excluding hydrogens is 262 g/mol. The van der Waals surface area contributed by atoms with Gasteiger partial charge in [-0.15, -0.1) is 0 Å². The maximum Gasteiger partial charge on any atom is 0.294 e. The third kappa shape index (κ3) is 2.75. The largest absolute Gasteiger partial charge is 0.393 e. The van der Waals surface area contributed by atoms with Gasteiger partial charge in [-0.25, -0.2) is 4.68 Å². The van der Waals surface area contributed by atoms with E-state index in [-0.39, 0.29) is 11.0 Å².